The second-order valence-electron chi connectivity index (χ2n) is 7.72. The van der Waals surface area contributed by atoms with E-state index >= 15 is 0 Å². The molecule has 3 rings (SSSR count). The van der Waals surface area contributed by atoms with Crippen molar-refractivity contribution < 1.29 is 4.79 Å². The molecule has 0 unspecified atom stereocenters. The number of amides is 1. The minimum atomic E-state index is 0. The van der Waals surface area contributed by atoms with Gasteiger partial charge in [-0.2, -0.15) is 0 Å². The molecular weight excluding hydrogens is 451 g/mol. The zero-order chi connectivity index (χ0) is 18.4. The van der Waals surface area contributed by atoms with Crippen LogP contribution in [0, 0.1) is 5.92 Å². The molecule has 1 aromatic rings. The Kier molecular flexibility index (Phi) is 8.86. The molecule has 0 saturated heterocycles. The summed E-state index contributed by atoms with van der Waals surface area (Å²) in [6.45, 7) is 4.62. The lowest BCUT2D eigenvalue weighted by Crippen LogP contribution is -2.45. The van der Waals surface area contributed by atoms with E-state index in [4.69, 9.17) is 0 Å². The van der Waals surface area contributed by atoms with E-state index in [9.17, 15) is 4.79 Å². The van der Waals surface area contributed by atoms with Gasteiger partial charge in [0.2, 0.25) is 5.91 Å². The quantitative estimate of drug-likeness (QED) is 0.290. The van der Waals surface area contributed by atoms with Gasteiger partial charge in [0, 0.05) is 39.1 Å². The minimum Gasteiger partial charge on any atom is -0.356 e. The first kappa shape index (κ1) is 22.0. The number of rotatable bonds is 5. The third-order valence-corrected chi connectivity index (χ3v) is 5.63. The van der Waals surface area contributed by atoms with Crippen molar-refractivity contribution in [1.29, 1.82) is 0 Å². The van der Waals surface area contributed by atoms with Gasteiger partial charge in [-0.3, -0.25) is 9.79 Å². The summed E-state index contributed by atoms with van der Waals surface area (Å²) in [7, 11) is 1.81. The monoisotopic (exact) mass is 484 g/mol. The van der Waals surface area contributed by atoms with Crippen LogP contribution in [0.15, 0.2) is 29.3 Å². The van der Waals surface area contributed by atoms with Gasteiger partial charge in [0.05, 0.1) is 0 Å². The molecular formula is C21H33IN4O. The Balaban J connectivity index is 0.00000261. The molecule has 0 spiro atoms. The van der Waals surface area contributed by atoms with E-state index in [2.05, 4.69) is 34.7 Å². The molecule has 1 heterocycles. The van der Waals surface area contributed by atoms with E-state index in [0.29, 0.717) is 12.5 Å². The molecule has 0 radical (unpaired) electrons. The van der Waals surface area contributed by atoms with Gasteiger partial charge in [0.1, 0.15) is 0 Å². The predicted octanol–water partition coefficient (Wildman–Crippen LogP) is 3.67. The van der Waals surface area contributed by atoms with Gasteiger partial charge in [-0.05, 0) is 49.1 Å². The van der Waals surface area contributed by atoms with Crippen molar-refractivity contribution in [3.63, 3.8) is 0 Å². The number of halogens is 1. The van der Waals surface area contributed by atoms with Crippen molar-refractivity contribution in [1.82, 2.24) is 15.5 Å². The van der Waals surface area contributed by atoms with Gasteiger partial charge in [-0.1, -0.05) is 31.2 Å². The fraction of sp³-hybridized carbons (Fsp3) is 0.619. The standard InChI is InChI=1S/C21H32N4O.HI/c1-16-9-11-19(12-10-16)24-21(22-2)23-13-5-8-20(26)25-14-17-6-3-4-7-18(17)15-25;/h3-4,6-7,16,19H,5,8-15H2,1-2H3,(H2,22,23,24);1H. The Morgan fingerprint density at radius 1 is 1.15 bits per heavy atom. The zero-order valence-electron chi connectivity index (χ0n) is 16.5. The topological polar surface area (TPSA) is 56.7 Å². The number of hydrogen-bond donors (Lipinski definition) is 2. The molecule has 1 saturated carbocycles. The Hall–Kier alpha value is -1.31. The van der Waals surface area contributed by atoms with E-state index in [-0.39, 0.29) is 29.9 Å². The van der Waals surface area contributed by atoms with Crippen LogP contribution in [0.25, 0.3) is 0 Å². The maximum absolute atomic E-state index is 12.4. The molecule has 0 bridgehead atoms. The summed E-state index contributed by atoms with van der Waals surface area (Å²) in [5, 5.41) is 6.88. The first-order valence-electron chi connectivity index (χ1n) is 9.97. The molecule has 0 atom stereocenters. The molecule has 6 heteroatoms. The number of carbonyl (C=O) groups is 1. The normalized spacial score (nSPS) is 22.0. The average Bonchev–Trinajstić information content (AvgIpc) is 3.10. The number of nitrogens with one attached hydrogen (secondary N) is 2. The van der Waals surface area contributed by atoms with E-state index in [1.807, 2.05) is 24.1 Å². The number of aliphatic imine (C=N–C) groups is 1. The fourth-order valence-corrected chi connectivity index (χ4v) is 3.91. The lowest BCUT2D eigenvalue weighted by molar-refractivity contribution is -0.131. The van der Waals surface area contributed by atoms with Crippen LogP contribution in [0.3, 0.4) is 0 Å². The molecule has 1 aliphatic heterocycles. The molecule has 1 amide bonds. The van der Waals surface area contributed by atoms with E-state index in [1.54, 1.807) is 0 Å². The number of nitrogens with zero attached hydrogens (tertiary/aromatic N) is 2. The van der Waals surface area contributed by atoms with E-state index in [0.717, 1.165) is 37.9 Å². The van der Waals surface area contributed by atoms with Crippen LogP contribution in [-0.4, -0.2) is 36.4 Å². The van der Waals surface area contributed by atoms with Crippen molar-refractivity contribution in [3.05, 3.63) is 35.4 Å². The molecule has 5 nitrogen and oxygen atoms in total. The molecule has 27 heavy (non-hydrogen) atoms. The summed E-state index contributed by atoms with van der Waals surface area (Å²) in [5.41, 5.74) is 2.57. The molecule has 1 aromatic carbocycles. The number of hydrogen-bond acceptors (Lipinski definition) is 2. The summed E-state index contributed by atoms with van der Waals surface area (Å²) < 4.78 is 0. The zero-order valence-corrected chi connectivity index (χ0v) is 18.9. The second-order valence-corrected chi connectivity index (χ2v) is 7.72. The van der Waals surface area contributed by atoms with Crippen LogP contribution in [-0.2, 0) is 17.9 Å². The van der Waals surface area contributed by atoms with Gasteiger partial charge >= 0.3 is 0 Å². The first-order chi connectivity index (χ1) is 12.7. The predicted molar refractivity (Wildman–Crippen MR) is 121 cm³/mol. The van der Waals surface area contributed by atoms with Crippen LogP contribution in [0.1, 0.15) is 56.6 Å². The Bertz CT molecular complexity index is 616. The first-order valence-corrected chi connectivity index (χ1v) is 9.97. The van der Waals surface area contributed by atoms with Gasteiger partial charge < -0.3 is 15.5 Å². The average molecular weight is 484 g/mol. The summed E-state index contributed by atoms with van der Waals surface area (Å²) in [5.74, 6) is 1.96. The molecule has 2 aliphatic rings. The lowest BCUT2D eigenvalue weighted by Gasteiger charge is -2.28. The second kappa shape index (κ2) is 10.9. The van der Waals surface area contributed by atoms with Crippen LogP contribution in [0.4, 0.5) is 0 Å². The third kappa shape index (κ3) is 6.36. The van der Waals surface area contributed by atoms with Gasteiger partial charge in [-0.15, -0.1) is 24.0 Å². The maximum atomic E-state index is 12.4. The van der Waals surface area contributed by atoms with E-state index < -0.39 is 0 Å². The maximum Gasteiger partial charge on any atom is 0.223 e. The van der Waals surface area contributed by atoms with Crippen LogP contribution in [0.2, 0.25) is 0 Å². The van der Waals surface area contributed by atoms with Gasteiger partial charge in [0.25, 0.3) is 0 Å². The van der Waals surface area contributed by atoms with Gasteiger partial charge in [0.15, 0.2) is 5.96 Å². The summed E-state index contributed by atoms with van der Waals surface area (Å²) >= 11 is 0. The number of carbonyl (C=O) groups excluding carboxylic acids is 1. The third-order valence-electron chi connectivity index (χ3n) is 5.63. The Morgan fingerprint density at radius 3 is 2.37 bits per heavy atom. The van der Waals surface area contributed by atoms with Crippen LogP contribution in [0.5, 0.6) is 0 Å². The van der Waals surface area contributed by atoms with Crippen molar-refractivity contribution in [3.8, 4) is 0 Å². The molecule has 1 aliphatic carbocycles. The van der Waals surface area contributed by atoms with Crippen molar-refractivity contribution >= 4 is 35.8 Å². The summed E-state index contributed by atoms with van der Waals surface area (Å²) in [4.78, 5) is 18.7. The van der Waals surface area contributed by atoms with E-state index in [1.165, 1.54) is 36.8 Å². The smallest absolute Gasteiger partial charge is 0.223 e. The largest absolute Gasteiger partial charge is 0.356 e. The molecule has 0 aromatic heterocycles. The molecule has 1 fully saturated rings. The SMILES string of the molecule is CN=C(NCCCC(=O)N1Cc2ccccc2C1)NC1CCC(C)CC1.I. The van der Waals surface area contributed by atoms with Crippen molar-refractivity contribution in [2.45, 2.75) is 64.6 Å². The molecule has 2 N–H and O–H groups in total. The highest BCUT2D eigenvalue weighted by atomic mass is 127. The number of fused-ring (bicyclic) bond motifs is 1. The number of benzene rings is 1. The summed E-state index contributed by atoms with van der Waals surface area (Å²) in [6, 6.07) is 8.85. The fourth-order valence-electron chi connectivity index (χ4n) is 3.91. The highest BCUT2D eigenvalue weighted by Gasteiger charge is 2.22. The highest BCUT2D eigenvalue weighted by Crippen LogP contribution is 2.24. The van der Waals surface area contributed by atoms with Gasteiger partial charge in [-0.25, -0.2) is 0 Å². The van der Waals surface area contributed by atoms with Crippen molar-refractivity contribution in [2.24, 2.45) is 10.9 Å². The minimum absolute atomic E-state index is 0. The Morgan fingerprint density at radius 2 is 1.78 bits per heavy atom. The lowest BCUT2D eigenvalue weighted by atomic mass is 9.87. The van der Waals surface area contributed by atoms with Crippen LogP contribution >= 0.6 is 24.0 Å². The Labute approximate surface area is 180 Å². The van der Waals surface area contributed by atoms with Crippen LogP contribution < -0.4 is 10.6 Å². The van der Waals surface area contributed by atoms with Crippen molar-refractivity contribution in [2.75, 3.05) is 13.6 Å². The summed E-state index contributed by atoms with van der Waals surface area (Å²) in [6.07, 6.45) is 6.43. The molecule has 150 valence electrons. The number of guanidine groups is 1. The highest BCUT2D eigenvalue weighted by molar-refractivity contribution is 14.0.